The van der Waals surface area contributed by atoms with E-state index < -0.39 is 25.5 Å². The number of thiazole rings is 1. The van der Waals surface area contributed by atoms with Crippen LogP contribution < -0.4 is 10.5 Å². The second-order valence-electron chi connectivity index (χ2n) is 4.11. The third-order valence-corrected chi connectivity index (χ3v) is 4.77. The van der Waals surface area contributed by atoms with Gasteiger partial charge in [0.1, 0.15) is 0 Å². The molecule has 2 aromatic rings. The fraction of sp³-hybridized carbons (Fsp3) is 0.182. The maximum atomic E-state index is 12.1. The lowest BCUT2D eigenvalue weighted by atomic mass is 10.3. The number of hydrogen-bond acceptors (Lipinski definition) is 7. The Hall–Kier alpha value is -2.04. The van der Waals surface area contributed by atoms with Crippen LogP contribution in [0.2, 0.25) is 0 Å². The van der Waals surface area contributed by atoms with E-state index in [1.807, 2.05) is 0 Å². The summed E-state index contributed by atoms with van der Waals surface area (Å²) in [6.07, 6.45) is 0.408. The fourth-order valence-corrected chi connectivity index (χ4v) is 3.43. The predicted molar refractivity (Wildman–Crippen MR) is 78.5 cm³/mol. The van der Waals surface area contributed by atoms with Crippen LogP contribution in [0.5, 0.6) is 0 Å². The van der Waals surface area contributed by atoms with E-state index in [0.717, 1.165) is 17.8 Å². The molecule has 1 heterocycles. The average Bonchev–Trinajstić information content (AvgIpc) is 2.91. The predicted octanol–water partition coefficient (Wildman–Crippen LogP) is 1.15. The number of anilines is 1. The van der Waals surface area contributed by atoms with Crippen LogP contribution in [0.1, 0.15) is 5.69 Å². The lowest BCUT2D eigenvalue weighted by molar-refractivity contribution is -0.387. The maximum absolute atomic E-state index is 12.1. The first-order valence-electron chi connectivity index (χ1n) is 5.81. The second kappa shape index (κ2) is 6.16. The lowest BCUT2D eigenvalue weighted by Crippen LogP contribution is -2.26. The molecule has 2 rings (SSSR count). The number of nitrogen functional groups attached to an aromatic ring is 1. The molecule has 0 saturated carbocycles. The van der Waals surface area contributed by atoms with Crippen LogP contribution in [0.25, 0.3) is 0 Å². The van der Waals surface area contributed by atoms with Gasteiger partial charge in [0.25, 0.3) is 5.69 Å². The van der Waals surface area contributed by atoms with Crippen LogP contribution >= 0.6 is 11.3 Å². The molecule has 0 radical (unpaired) electrons. The number of rotatable bonds is 6. The van der Waals surface area contributed by atoms with Gasteiger partial charge in [-0.3, -0.25) is 10.1 Å². The van der Waals surface area contributed by atoms with Crippen molar-refractivity contribution in [2.24, 2.45) is 0 Å². The summed E-state index contributed by atoms with van der Waals surface area (Å²) in [5, 5.41) is 12.7. The largest absolute Gasteiger partial charge is 0.399 e. The van der Waals surface area contributed by atoms with Crippen molar-refractivity contribution < 1.29 is 13.3 Å². The number of nitrogens with one attached hydrogen (secondary N) is 1. The zero-order valence-corrected chi connectivity index (χ0v) is 12.4. The van der Waals surface area contributed by atoms with Crippen molar-refractivity contribution in [3.8, 4) is 0 Å². The molecule has 0 aliphatic heterocycles. The minimum absolute atomic E-state index is 0.105. The number of nitrogens with two attached hydrogens (primary N) is 1. The minimum atomic E-state index is -3.98. The Labute approximate surface area is 124 Å². The van der Waals surface area contributed by atoms with Crippen molar-refractivity contribution in [3.63, 3.8) is 0 Å². The first-order valence-corrected chi connectivity index (χ1v) is 8.23. The monoisotopic (exact) mass is 328 g/mol. The molecule has 112 valence electrons. The molecule has 0 unspecified atom stereocenters. The van der Waals surface area contributed by atoms with Crippen LogP contribution in [0.3, 0.4) is 0 Å². The summed E-state index contributed by atoms with van der Waals surface area (Å²) in [5.41, 5.74) is 7.44. The lowest BCUT2D eigenvalue weighted by Gasteiger charge is -2.07. The van der Waals surface area contributed by atoms with Crippen molar-refractivity contribution in [2.45, 2.75) is 11.3 Å². The molecular weight excluding hydrogens is 316 g/mol. The molecule has 0 saturated heterocycles. The van der Waals surface area contributed by atoms with Crippen molar-refractivity contribution >= 4 is 32.7 Å². The maximum Gasteiger partial charge on any atom is 0.291 e. The van der Waals surface area contributed by atoms with E-state index in [0.29, 0.717) is 6.42 Å². The summed E-state index contributed by atoms with van der Waals surface area (Å²) in [6.45, 7) is 0.105. The molecule has 1 aromatic heterocycles. The molecule has 0 bridgehead atoms. The van der Waals surface area contributed by atoms with Gasteiger partial charge in [0.2, 0.25) is 10.0 Å². The van der Waals surface area contributed by atoms with E-state index in [2.05, 4.69) is 9.71 Å². The Balaban J connectivity index is 2.17. The molecule has 10 heteroatoms. The van der Waals surface area contributed by atoms with Crippen LogP contribution in [0, 0.1) is 10.1 Å². The molecule has 0 spiro atoms. The van der Waals surface area contributed by atoms with Crippen LogP contribution in [-0.4, -0.2) is 24.9 Å². The van der Waals surface area contributed by atoms with Gasteiger partial charge in [-0.25, -0.2) is 18.1 Å². The number of nitrogens with zero attached hydrogens (tertiary/aromatic N) is 2. The van der Waals surface area contributed by atoms with Crippen LogP contribution in [-0.2, 0) is 16.4 Å². The Kier molecular flexibility index (Phi) is 4.50. The van der Waals surface area contributed by atoms with Gasteiger partial charge in [-0.15, -0.1) is 11.3 Å². The smallest absolute Gasteiger partial charge is 0.291 e. The summed E-state index contributed by atoms with van der Waals surface area (Å²) >= 11 is 1.41. The molecule has 1 aromatic carbocycles. The average molecular weight is 328 g/mol. The molecule has 0 atom stereocenters. The summed E-state index contributed by atoms with van der Waals surface area (Å²) in [7, 11) is -3.98. The first kappa shape index (κ1) is 15.4. The third-order valence-electron chi connectivity index (χ3n) is 2.63. The highest BCUT2D eigenvalue weighted by Gasteiger charge is 2.25. The molecular formula is C11H12N4O4S2. The number of nitro benzene ring substituents is 1. The summed E-state index contributed by atoms with van der Waals surface area (Å²) < 4.78 is 26.6. The number of nitro groups is 1. The highest BCUT2D eigenvalue weighted by atomic mass is 32.2. The van der Waals surface area contributed by atoms with E-state index in [4.69, 9.17) is 5.73 Å². The number of sulfonamides is 1. The number of hydrogen-bond donors (Lipinski definition) is 2. The van der Waals surface area contributed by atoms with Gasteiger partial charge in [-0.2, -0.15) is 0 Å². The van der Waals surface area contributed by atoms with Crippen LogP contribution in [0.4, 0.5) is 11.4 Å². The van der Waals surface area contributed by atoms with E-state index >= 15 is 0 Å². The molecule has 0 aliphatic carbocycles. The summed E-state index contributed by atoms with van der Waals surface area (Å²) in [6, 6.07) is 3.45. The van der Waals surface area contributed by atoms with E-state index in [9.17, 15) is 18.5 Å². The first-order chi connectivity index (χ1) is 9.90. The Morgan fingerprint density at radius 2 is 2.19 bits per heavy atom. The van der Waals surface area contributed by atoms with E-state index in [1.54, 1.807) is 10.9 Å². The normalized spacial score (nSPS) is 11.4. The third kappa shape index (κ3) is 3.74. The highest BCUT2D eigenvalue weighted by Crippen LogP contribution is 2.25. The SMILES string of the molecule is Nc1ccc(S(=O)(=O)NCCc2cscn2)c([N+](=O)[O-])c1. The standard InChI is InChI=1S/C11H12N4O4S2/c12-8-1-2-11(10(5-8)15(16)17)21(18,19)14-4-3-9-6-20-7-13-9/h1-2,5-7,14H,3-4,12H2. The van der Waals surface area contributed by atoms with Gasteiger partial charge in [0.05, 0.1) is 16.1 Å². The van der Waals surface area contributed by atoms with Crippen molar-refractivity contribution in [3.05, 3.63) is 44.9 Å². The molecule has 3 N–H and O–H groups in total. The molecule has 0 aliphatic rings. The molecule has 0 fully saturated rings. The summed E-state index contributed by atoms with van der Waals surface area (Å²) in [4.78, 5) is 13.8. The van der Waals surface area contributed by atoms with Gasteiger partial charge >= 0.3 is 0 Å². The number of aromatic nitrogens is 1. The van der Waals surface area contributed by atoms with Gasteiger partial charge < -0.3 is 5.73 Å². The minimum Gasteiger partial charge on any atom is -0.399 e. The van der Waals surface area contributed by atoms with Crippen molar-refractivity contribution in [2.75, 3.05) is 12.3 Å². The Bertz CT molecular complexity index is 744. The van der Waals surface area contributed by atoms with E-state index in [-0.39, 0.29) is 12.2 Å². The fourth-order valence-electron chi connectivity index (χ4n) is 1.66. The quantitative estimate of drug-likeness (QED) is 0.465. The van der Waals surface area contributed by atoms with E-state index in [1.165, 1.54) is 17.4 Å². The Morgan fingerprint density at radius 1 is 1.43 bits per heavy atom. The zero-order valence-electron chi connectivity index (χ0n) is 10.7. The van der Waals surface area contributed by atoms with Gasteiger partial charge in [-0.1, -0.05) is 0 Å². The number of benzene rings is 1. The van der Waals surface area contributed by atoms with Crippen LogP contribution in [0.15, 0.2) is 34.0 Å². The second-order valence-corrected chi connectivity index (χ2v) is 6.57. The van der Waals surface area contributed by atoms with Gasteiger partial charge in [-0.05, 0) is 12.1 Å². The molecule has 21 heavy (non-hydrogen) atoms. The Morgan fingerprint density at radius 3 is 2.81 bits per heavy atom. The highest BCUT2D eigenvalue weighted by molar-refractivity contribution is 7.89. The summed E-state index contributed by atoms with van der Waals surface area (Å²) in [5.74, 6) is 0. The van der Waals surface area contributed by atoms with Gasteiger partial charge in [0, 0.05) is 30.1 Å². The van der Waals surface area contributed by atoms with Crippen molar-refractivity contribution in [1.29, 1.82) is 0 Å². The topological polar surface area (TPSA) is 128 Å². The molecule has 8 nitrogen and oxygen atoms in total. The zero-order chi connectivity index (χ0) is 15.5. The van der Waals surface area contributed by atoms with Gasteiger partial charge in [0.15, 0.2) is 4.90 Å². The molecule has 0 amide bonds. The van der Waals surface area contributed by atoms with Crippen molar-refractivity contribution in [1.82, 2.24) is 9.71 Å².